The Balaban J connectivity index is 2.60. The van der Waals surface area contributed by atoms with Crippen LogP contribution in [-0.2, 0) is 14.3 Å². The highest BCUT2D eigenvalue weighted by Crippen LogP contribution is 2.65. The SMILES string of the molecule is CC1(C)[C@@]2(C)CC[C@@]1(C(N)=O)OC2=O. The van der Waals surface area contributed by atoms with Crippen molar-refractivity contribution in [2.24, 2.45) is 16.6 Å². The number of esters is 1. The molecule has 0 aromatic carbocycles. The van der Waals surface area contributed by atoms with Crippen LogP contribution in [0.25, 0.3) is 0 Å². The van der Waals surface area contributed by atoms with Gasteiger partial charge in [-0.2, -0.15) is 0 Å². The molecule has 2 bridgehead atoms. The van der Waals surface area contributed by atoms with Gasteiger partial charge in [0.1, 0.15) is 0 Å². The molecule has 2 N–H and O–H groups in total. The fourth-order valence-corrected chi connectivity index (χ4v) is 2.78. The topological polar surface area (TPSA) is 69.4 Å². The Labute approximate surface area is 82.8 Å². The molecule has 1 saturated heterocycles. The molecule has 0 radical (unpaired) electrons. The summed E-state index contributed by atoms with van der Waals surface area (Å²) in [5.41, 5.74) is 3.23. The maximum absolute atomic E-state index is 11.7. The van der Waals surface area contributed by atoms with E-state index in [1.54, 1.807) is 0 Å². The Morgan fingerprint density at radius 3 is 2.14 bits per heavy atom. The first-order valence-corrected chi connectivity index (χ1v) is 4.81. The monoisotopic (exact) mass is 197 g/mol. The summed E-state index contributed by atoms with van der Waals surface area (Å²) in [4.78, 5) is 23.1. The average molecular weight is 197 g/mol. The summed E-state index contributed by atoms with van der Waals surface area (Å²) in [6, 6.07) is 0. The number of amides is 1. The van der Waals surface area contributed by atoms with Gasteiger partial charge in [-0.1, -0.05) is 13.8 Å². The summed E-state index contributed by atoms with van der Waals surface area (Å²) in [6.07, 6.45) is 1.24. The zero-order chi connectivity index (χ0) is 10.8. The highest BCUT2D eigenvalue weighted by molar-refractivity contribution is 5.95. The first-order chi connectivity index (χ1) is 6.28. The minimum absolute atomic E-state index is 0.285. The molecule has 2 atom stereocenters. The van der Waals surface area contributed by atoms with Crippen LogP contribution in [0.2, 0.25) is 0 Å². The van der Waals surface area contributed by atoms with Crippen molar-refractivity contribution in [2.75, 3.05) is 0 Å². The van der Waals surface area contributed by atoms with Crippen molar-refractivity contribution in [1.82, 2.24) is 0 Å². The number of fused-ring (bicyclic) bond motifs is 2. The van der Waals surface area contributed by atoms with E-state index >= 15 is 0 Å². The lowest BCUT2D eigenvalue weighted by Crippen LogP contribution is -2.51. The second-order valence-corrected chi connectivity index (χ2v) is 5.04. The highest BCUT2D eigenvalue weighted by atomic mass is 16.6. The first kappa shape index (κ1) is 9.49. The van der Waals surface area contributed by atoms with Gasteiger partial charge in [-0.3, -0.25) is 9.59 Å². The Kier molecular flexibility index (Phi) is 1.44. The van der Waals surface area contributed by atoms with Gasteiger partial charge in [-0.05, 0) is 19.8 Å². The normalized spacial score (nSPS) is 43.8. The van der Waals surface area contributed by atoms with Gasteiger partial charge in [-0.15, -0.1) is 0 Å². The van der Waals surface area contributed by atoms with E-state index in [0.717, 1.165) is 0 Å². The number of carbonyl (C=O) groups excluding carboxylic acids is 2. The third-order valence-electron chi connectivity index (χ3n) is 4.48. The number of rotatable bonds is 1. The van der Waals surface area contributed by atoms with Gasteiger partial charge >= 0.3 is 5.97 Å². The molecule has 1 saturated carbocycles. The summed E-state index contributed by atoms with van der Waals surface area (Å²) >= 11 is 0. The van der Waals surface area contributed by atoms with Crippen LogP contribution in [0.15, 0.2) is 0 Å². The quantitative estimate of drug-likeness (QED) is 0.625. The van der Waals surface area contributed by atoms with E-state index < -0.39 is 22.3 Å². The second kappa shape index (κ2) is 2.12. The summed E-state index contributed by atoms with van der Waals surface area (Å²) in [7, 11) is 0. The third-order valence-corrected chi connectivity index (χ3v) is 4.48. The smallest absolute Gasteiger partial charge is 0.313 e. The van der Waals surface area contributed by atoms with Gasteiger partial charge in [0.05, 0.1) is 5.41 Å². The summed E-state index contributed by atoms with van der Waals surface area (Å²) < 4.78 is 5.21. The number of carbonyl (C=O) groups is 2. The van der Waals surface area contributed by atoms with E-state index in [4.69, 9.17) is 10.5 Å². The number of ether oxygens (including phenoxy) is 1. The van der Waals surface area contributed by atoms with Crippen LogP contribution in [0.3, 0.4) is 0 Å². The molecule has 0 unspecified atom stereocenters. The maximum Gasteiger partial charge on any atom is 0.313 e. The van der Waals surface area contributed by atoms with E-state index in [9.17, 15) is 9.59 Å². The molecule has 14 heavy (non-hydrogen) atoms. The molecule has 1 heterocycles. The minimum Gasteiger partial charge on any atom is -0.448 e. The lowest BCUT2D eigenvalue weighted by molar-refractivity contribution is -0.166. The standard InChI is InChI=1S/C10H15NO3/c1-8(2)9(3)4-5-10(8,6(11)12)14-7(9)13/h4-5H2,1-3H3,(H2,11,12)/t9-,10-/m0/s1. The van der Waals surface area contributed by atoms with Crippen LogP contribution < -0.4 is 5.73 Å². The van der Waals surface area contributed by atoms with E-state index in [2.05, 4.69) is 0 Å². The molecule has 0 spiro atoms. The zero-order valence-electron chi connectivity index (χ0n) is 8.72. The molecule has 1 aliphatic heterocycles. The molecular weight excluding hydrogens is 182 g/mol. The van der Waals surface area contributed by atoms with E-state index in [1.807, 2.05) is 20.8 Å². The van der Waals surface area contributed by atoms with Crippen LogP contribution in [0, 0.1) is 10.8 Å². The van der Waals surface area contributed by atoms with Gasteiger partial charge in [0.2, 0.25) is 0 Å². The van der Waals surface area contributed by atoms with Crippen LogP contribution in [0.5, 0.6) is 0 Å². The number of nitrogens with two attached hydrogens (primary N) is 1. The predicted octanol–water partition coefficient (Wildman–Crippen LogP) is 0.594. The molecule has 1 amide bonds. The van der Waals surface area contributed by atoms with E-state index in [1.165, 1.54) is 0 Å². The van der Waals surface area contributed by atoms with Crippen molar-refractivity contribution in [2.45, 2.75) is 39.2 Å². The van der Waals surface area contributed by atoms with Crippen LogP contribution in [0.4, 0.5) is 0 Å². The summed E-state index contributed by atoms with van der Waals surface area (Å²) in [5, 5.41) is 0. The van der Waals surface area contributed by atoms with Crippen molar-refractivity contribution >= 4 is 11.9 Å². The molecule has 4 nitrogen and oxygen atoms in total. The Morgan fingerprint density at radius 1 is 1.36 bits per heavy atom. The molecule has 1 aliphatic carbocycles. The lowest BCUT2D eigenvalue weighted by atomic mass is 9.66. The maximum atomic E-state index is 11.7. The van der Waals surface area contributed by atoms with Crippen molar-refractivity contribution in [3.63, 3.8) is 0 Å². The first-order valence-electron chi connectivity index (χ1n) is 4.81. The van der Waals surface area contributed by atoms with Gasteiger partial charge in [0.25, 0.3) is 5.91 Å². The molecule has 0 aromatic heterocycles. The molecule has 4 heteroatoms. The van der Waals surface area contributed by atoms with Gasteiger partial charge in [0, 0.05) is 5.41 Å². The van der Waals surface area contributed by atoms with Gasteiger partial charge in [0.15, 0.2) is 5.60 Å². The van der Waals surface area contributed by atoms with Crippen LogP contribution in [0.1, 0.15) is 33.6 Å². The molecule has 0 aromatic rings. The summed E-state index contributed by atoms with van der Waals surface area (Å²) in [5.74, 6) is -0.801. The molecule has 2 aliphatic rings. The Bertz CT molecular complexity index is 336. The minimum atomic E-state index is -1.07. The average Bonchev–Trinajstić information content (AvgIpc) is 2.34. The predicted molar refractivity (Wildman–Crippen MR) is 49.1 cm³/mol. The number of hydrogen-bond donors (Lipinski definition) is 1. The van der Waals surface area contributed by atoms with Crippen molar-refractivity contribution < 1.29 is 14.3 Å². The largest absolute Gasteiger partial charge is 0.448 e. The van der Waals surface area contributed by atoms with Crippen LogP contribution >= 0.6 is 0 Å². The number of hydrogen-bond acceptors (Lipinski definition) is 3. The van der Waals surface area contributed by atoms with Crippen LogP contribution in [-0.4, -0.2) is 17.5 Å². The second-order valence-electron chi connectivity index (χ2n) is 5.04. The number of primary amides is 1. The zero-order valence-corrected chi connectivity index (χ0v) is 8.72. The van der Waals surface area contributed by atoms with Crippen molar-refractivity contribution in [3.8, 4) is 0 Å². The van der Waals surface area contributed by atoms with Crippen molar-refractivity contribution in [3.05, 3.63) is 0 Å². The van der Waals surface area contributed by atoms with E-state index in [-0.39, 0.29) is 5.97 Å². The Hall–Kier alpha value is -1.06. The molecule has 2 rings (SSSR count). The lowest BCUT2D eigenvalue weighted by Gasteiger charge is -2.33. The molecular formula is C10H15NO3. The third kappa shape index (κ3) is 0.645. The van der Waals surface area contributed by atoms with Crippen molar-refractivity contribution in [1.29, 1.82) is 0 Å². The molecule has 2 fully saturated rings. The van der Waals surface area contributed by atoms with Gasteiger partial charge < -0.3 is 10.5 Å². The summed E-state index contributed by atoms with van der Waals surface area (Å²) in [6.45, 7) is 5.62. The van der Waals surface area contributed by atoms with Gasteiger partial charge in [-0.25, -0.2) is 0 Å². The highest BCUT2D eigenvalue weighted by Gasteiger charge is 2.75. The fraction of sp³-hybridized carbons (Fsp3) is 0.800. The Morgan fingerprint density at radius 2 is 1.93 bits per heavy atom. The fourth-order valence-electron chi connectivity index (χ4n) is 2.78. The molecule has 78 valence electrons. The van der Waals surface area contributed by atoms with E-state index in [0.29, 0.717) is 12.8 Å².